The summed E-state index contributed by atoms with van der Waals surface area (Å²) in [6, 6.07) is 5.00. The second-order valence-electron chi connectivity index (χ2n) is 4.24. The molecule has 21 heavy (non-hydrogen) atoms. The summed E-state index contributed by atoms with van der Waals surface area (Å²) in [6.45, 7) is 2.90. The van der Waals surface area contributed by atoms with Crippen LogP contribution in [0.15, 0.2) is 22.7 Å². The number of methoxy groups -OCH3 is 1. The molecule has 0 atom stereocenters. The number of anilines is 1. The number of ether oxygens (including phenoxy) is 1. The molecule has 0 bridgehead atoms. The van der Waals surface area contributed by atoms with Crippen LogP contribution in [0.5, 0.6) is 0 Å². The van der Waals surface area contributed by atoms with E-state index in [-0.39, 0.29) is 11.6 Å². The minimum absolute atomic E-state index is 0.0319. The normalized spacial score (nSPS) is 10.7. The van der Waals surface area contributed by atoms with Crippen molar-refractivity contribution < 1.29 is 9.13 Å². The van der Waals surface area contributed by atoms with Gasteiger partial charge in [0, 0.05) is 29.8 Å². The molecule has 2 aromatic rings. The Hall–Kier alpha value is -1.24. The third-order valence-corrected chi connectivity index (χ3v) is 3.97. The molecule has 0 aliphatic carbocycles. The van der Waals surface area contributed by atoms with Crippen LogP contribution in [0.3, 0.4) is 0 Å². The summed E-state index contributed by atoms with van der Waals surface area (Å²) in [5, 5.41) is 3.12. The molecule has 1 aromatic carbocycles. The van der Waals surface area contributed by atoms with Crippen LogP contribution >= 0.6 is 27.5 Å². The summed E-state index contributed by atoms with van der Waals surface area (Å²) in [6.07, 6.45) is 0. The minimum atomic E-state index is -0.518. The van der Waals surface area contributed by atoms with Crippen molar-refractivity contribution in [2.45, 2.75) is 13.5 Å². The van der Waals surface area contributed by atoms with Gasteiger partial charge in [0.1, 0.15) is 12.4 Å². The predicted octanol–water partition coefficient (Wildman–Crippen LogP) is 4.28. The molecule has 7 heteroatoms. The van der Waals surface area contributed by atoms with Crippen LogP contribution < -0.4 is 5.32 Å². The Morgan fingerprint density at radius 2 is 2.14 bits per heavy atom. The van der Waals surface area contributed by atoms with Crippen LogP contribution in [-0.4, -0.2) is 23.6 Å². The van der Waals surface area contributed by atoms with Gasteiger partial charge in [-0.2, -0.15) is 0 Å². The van der Waals surface area contributed by atoms with Gasteiger partial charge in [-0.25, -0.2) is 14.4 Å². The fourth-order valence-corrected chi connectivity index (χ4v) is 2.30. The molecule has 0 saturated carbocycles. The molecule has 0 radical (unpaired) electrons. The highest BCUT2D eigenvalue weighted by molar-refractivity contribution is 9.10. The summed E-state index contributed by atoms with van der Waals surface area (Å²) in [5.41, 5.74) is 0.780. The van der Waals surface area contributed by atoms with Gasteiger partial charge in [-0.1, -0.05) is 11.6 Å². The van der Waals surface area contributed by atoms with Crippen molar-refractivity contribution in [3.8, 4) is 11.3 Å². The van der Waals surface area contributed by atoms with Crippen molar-refractivity contribution in [1.29, 1.82) is 0 Å². The van der Waals surface area contributed by atoms with Crippen molar-refractivity contribution in [3.63, 3.8) is 0 Å². The highest BCUT2D eigenvalue weighted by Crippen LogP contribution is 2.32. The van der Waals surface area contributed by atoms with E-state index in [1.807, 2.05) is 6.92 Å². The lowest BCUT2D eigenvalue weighted by atomic mass is 10.1. The lowest BCUT2D eigenvalue weighted by Gasteiger charge is -2.10. The average molecular weight is 375 g/mol. The molecule has 0 unspecified atom stereocenters. The smallest absolute Gasteiger partial charge is 0.157 e. The van der Waals surface area contributed by atoms with E-state index in [4.69, 9.17) is 16.3 Å². The Kier molecular flexibility index (Phi) is 5.50. The molecule has 0 spiro atoms. The number of hydrogen-bond donors (Lipinski definition) is 1. The first-order chi connectivity index (χ1) is 10.1. The van der Waals surface area contributed by atoms with Gasteiger partial charge in [-0.05, 0) is 35.0 Å². The molecule has 1 aromatic heterocycles. The average Bonchev–Trinajstić information content (AvgIpc) is 2.45. The molecule has 0 aliphatic rings. The van der Waals surface area contributed by atoms with E-state index < -0.39 is 5.82 Å². The molecule has 0 saturated heterocycles. The van der Waals surface area contributed by atoms with Crippen molar-refractivity contribution in [2.24, 2.45) is 0 Å². The second-order valence-corrected chi connectivity index (χ2v) is 5.47. The van der Waals surface area contributed by atoms with Gasteiger partial charge in [0.25, 0.3) is 0 Å². The van der Waals surface area contributed by atoms with Crippen LogP contribution in [0.1, 0.15) is 12.7 Å². The Bertz CT molecular complexity index is 630. The number of hydrogen-bond acceptors (Lipinski definition) is 4. The lowest BCUT2D eigenvalue weighted by molar-refractivity contribution is 0.178. The summed E-state index contributed by atoms with van der Waals surface area (Å²) < 4.78 is 19.9. The van der Waals surface area contributed by atoms with E-state index in [0.717, 1.165) is 0 Å². The molecule has 2 rings (SSSR count). The summed E-state index contributed by atoms with van der Waals surface area (Å²) in [7, 11) is 1.56. The van der Waals surface area contributed by atoms with E-state index in [1.54, 1.807) is 25.3 Å². The number of rotatable bonds is 5. The number of nitrogens with one attached hydrogen (secondary N) is 1. The number of aromatic nitrogens is 2. The van der Waals surface area contributed by atoms with E-state index in [2.05, 4.69) is 31.2 Å². The maximum atomic E-state index is 14.3. The van der Waals surface area contributed by atoms with Crippen LogP contribution in [0.4, 0.5) is 10.2 Å². The highest BCUT2D eigenvalue weighted by atomic mass is 79.9. The van der Waals surface area contributed by atoms with E-state index in [1.165, 1.54) is 0 Å². The first-order valence-corrected chi connectivity index (χ1v) is 7.48. The lowest BCUT2D eigenvalue weighted by Crippen LogP contribution is -2.06. The Morgan fingerprint density at radius 1 is 1.38 bits per heavy atom. The van der Waals surface area contributed by atoms with Gasteiger partial charge in [-0.3, -0.25) is 0 Å². The fourth-order valence-electron chi connectivity index (χ4n) is 1.82. The highest BCUT2D eigenvalue weighted by Gasteiger charge is 2.15. The van der Waals surface area contributed by atoms with Gasteiger partial charge in [0.15, 0.2) is 11.6 Å². The maximum Gasteiger partial charge on any atom is 0.157 e. The zero-order valence-corrected chi connectivity index (χ0v) is 13.9. The predicted molar refractivity (Wildman–Crippen MR) is 85.0 cm³/mol. The van der Waals surface area contributed by atoms with Crippen molar-refractivity contribution in [2.75, 3.05) is 19.0 Å². The summed E-state index contributed by atoms with van der Waals surface area (Å²) in [4.78, 5) is 8.61. The molecule has 0 amide bonds. The van der Waals surface area contributed by atoms with Gasteiger partial charge < -0.3 is 10.1 Å². The van der Waals surface area contributed by atoms with Gasteiger partial charge >= 0.3 is 0 Å². The monoisotopic (exact) mass is 373 g/mol. The molecule has 1 heterocycles. The zero-order chi connectivity index (χ0) is 15.4. The number of nitrogens with zero attached hydrogens (tertiary/aromatic N) is 2. The molecule has 112 valence electrons. The zero-order valence-electron chi connectivity index (χ0n) is 11.6. The molecule has 1 N–H and O–H groups in total. The van der Waals surface area contributed by atoms with Gasteiger partial charge in [0.05, 0.1) is 10.7 Å². The standard InChI is InChI=1S/C14H14BrClFN3O/c1-3-18-11-6-10(19-12(20-11)7-21-2)8-4-5-9(15)13(16)14(8)17/h4-6H,3,7H2,1-2H3,(H,18,19,20). The van der Waals surface area contributed by atoms with Crippen molar-refractivity contribution in [1.82, 2.24) is 9.97 Å². The molecule has 4 nitrogen and oxygen atoms in total. The first-order valence-electron chi connectivity index (χ1n) is 6.31. The minimum Gasteiger partial charge on any atom is -0.377 e. The van der Waals surface area contributed by atoms with E-state index in [9.17, 15) is 4.39 Å². The van der Waals surface area contributed by atoms with Crippen LogP contribution in [0.25, 0.3) is 11.3 Å². The second kappa shape index (κ2) is 7.15. The number of benzene rings is 1. The van der Waals surface area contributed by atoms with Crippen molar-refractivity contribution >= 4 is 33.3 Å². The largest absolute Gasteiger partial charge is 0.377 e. The third kappa shape index (κ3) is 3.70. The van der Waals surface area contributed by atoms with E-state index in [0.29, 0.717) is 33.9 Å². The third-order valence-electron chi connectivity index (χ3n) is 2.71. The van der Waals surface area contributed by atoms with Crippen LogP contribution in [0.2, 0.25) is 5.02 Å². The van der Waals surface area contributed by atoms with Crippen LogP contribution in [-0.2, 0) is 11.3 Å². The quantitative estimate of drug-likeness (QED) is 0.794. The Morgan fingerprint density at radius 3 is 2.81 bits per heavy atom. The van der Waals surface area contributed by atoms with Crippen molar-refractivity contribution in [3.05, 3.63) is 39.3 Å². The molecule has 0 fully saturated rings. The van der Waals surface area contributed by atoms with Gasteiger partial charge in [0.2, 0.25) is 0 Å². The summed E-state index contributed by atoms with van der Waals surface area (Å²) >= 11 is 9.12. The molecule has 0 aliphatic heterocycles. The maximum absolute atomic E-state index is 14.3. The number of halogens is 3. The molecular formula is C14H14BrClFN3O. The topological polar surface area (TPSA) is 47.0 Å². The van der Waals surface area contributed by atoms with Gasteiger partial charge in [-0.15, -0.1) is 0 Å². The first kappa shape index (κ1) is 16.1. The summed E-state index contributed by atoms with van der Waals surface area (Å²) in [5.74, 6) is 0.577. The Balaban J connectivity index is 2.54. The fraction of sp³-hybridized carbons (Fsp3) is 0.286. The SMILES string of the molecule is CCNc1cc(-c2ccc(Br)c(Cl)c2F)nc(COC)n1. The van der Waals surface area contributed by atoms with Crippen LogP contribution in [0, 0.1) is 5.82 Å². The Labute approximate surface area is 135 Å². The van der Waals surface area contributed by atoms with E-state index >= 15 is 0 Å². The molecular weight excluding hydrogens is 361 g/mol.